The summed E-state index contributed by atoms with van der Waals surface area (Å²) in [6.45, 7) is 1.89. The van der Waals surface area contributed by atoms with E-state index in [1.807, 2.05) is 19.1 Å². The fourth-order valence-electron chi connectivity index (χ4n) is 1.71. The third-order valence-corrected chi connectivity index (χ3v) is 2.59. The number of azide groups is 1. The average molecular weight is 237 g/mol. The van der Waals surface area contributed by atoms with Crippen molar-refractivity contribution < 1.29 is 4.79 Å². The fourth-order valence-corrected chi connectivity index (χ4v) is 1.71. The van der Waals surface area contributed by atoms with Crippen molar-refractivity contribution in [2.45, 2.75) is 6.92 Å². The van der Waals surface area contributed by atoms with Crippen molar-refractivity contribution in [1.29, 1.82) is 0 Å². The molecule has 0 saturated heterocycles. The van der Waals surface area contributed by atoms with Crippen LogP contribution in [0.1, 0.15) is 21.5 Å². The summed E-state index contributed by atoms with van der Waals surface area (Å²) in [6, 6.07) is 14.1. The predicted octanol–water partition coefficient (Wildman–Crippen LogP) is 4.17. The van der Waals surface area contributed by atoms with Crippen molar-refractivity contribution >= 4 is 11.5 Å². The first-order chi connectivity index (χ1) is 8.72. The lowest BCUT2D eigenvalue weighted by atomic mass is 10.00. The summed E-state index contributed by atoms with van der Waals surface area (Å²) >= 11 is 0. The summed E-state index contributed by atoms with van der Waals surface area (Å²) in [6.07, 6.45) is 0. The SMILES string of the molecule is Cc1ccc(N=[N+]=[N-])c(C(=O)c2ccccc2)c1. The van der Waals surface area contributed by atoms with E-state index in [0.717, 1.165) is 5.56 Å². The molecule has 4 heteroatoms. The van der Waals surface area contributed by atoms with Crippen LogP contribution in [0.15, 0.2) is 53.6 Å². The van der Waals surface area contributed by atoms with Crippen molar-refractivity contribution in [1.82, 2.24) is 0 Å². The van der Waals surface area contributed by atoms with E-state index in [1.54, 1.807) is 36.4 Å². The zero-order valence-corrected chi connectivity index (χ0v) is 9.87. The second-order valence-corrected chi connectivity index (χ2v) is 3.91. The van der Waals surface area contributed by atoms with Crippen LogP contribution in [0.2, 0.25) is 0 Å². The minimum atomic E-state index is -0.137. The Morgan fingerprint density at radius 3 is 2.56 bits per heavy atom. The molecule has 88 valence electrons. The molecule has 0 radical (unpaired) electrons. The number of hydrogen-bond acceptors (Lipinski definition) is 2. The first kappa shape index (κ1) is 11.9. The molecule has 2 aromatic carbocycles. The highest BCUT2D eigenvalue weighted by molar-refractivity contribution is 6.12. The molecule has 0 saturated carbocycles. The number of benzene rings is 2. The number of hydrogen-bond donors (Lipinski definition) is 0. The Labute approximate surface area is 105 Å². The van der Waals surface area contributed by atoms with Gasteiger partial charge in [-0.1, -0.05) is 53.1 Å². The van der Waals surface area contributed by atoms with Crippen molar-refractivity contribution in [3.05, 3.63) is 75.7 Å². The van der Waals surface area contributed by atoms with Crippen LogP contribution < -0.4 is 0 Å². The summed E-state index contributed by atoms with van der Waals surface area (Å²) < 4.78 is 0. The van der Waals surface area contributed by atoms with E-state index < -0.39 is 0 Å². The predicted molar refractivity (Wildman–Crippen MR) is 69.9 cm³/mol. The number of nitrogens with zero attached hydrogens (tertiary/aromatic N) is 3. The highest BCUT2D eigenvalue weighted by Crippen LogP contribution is 2.23. The van der Waals surface area contributed by atoms with Gasteiger partial charge in [0.1, 0.15) is 0 Å². The largest absolute Gasteiger partial charge is 0.289 e. The highest BCUT2D eigenvalue weighted by Gasteiger charge is 2.12. The number of aryl methyl sites for hydroxylation is 1. The maximum absolute atomic E-state index is 12.3. The van der Waals surface area contributed by atoms with Gasteiger partial charge in [0.2, 0.25) is 0 Å². The minimum Gasteiger partial charge on any atom is -0.289 e. The molecule has 0 aliphatic rings. The summed E-state index contributed by atoms with van der Waals surface area (Å²) in [5.74, 6) is -0.137. The number of carbonyl (C=O) groups excluding carboxylic acids is 1. The standard InChI is InChI=1S/C14H11N3O/c1-10-7-8-13(16-17-15)12(9-10)14(18)11-5-3-2-4-6-11/h2-9H,1H3. The molecule has 0 amide bonds. The van der Waals surface area contributed by atoms with E-state index in [-0.39, 0.29) is 5.78 Å². The molecule has 18 heavy (non-hydrogen) atoms. The molecule has 0 aliphatic heterocycles. The lowest BCUT2D eigenvalue weighted by Crippen LogP contribution is -2.01. The molecule has 0 spiro atoms. The van der Waals surface area contributed by atoms with Gasteiger partial charge < -0.3 is 0 Å². The van der Waals surface area contributed by atoms with E-state index in [4.69, 9.17) is 5.53 Å². The Bertz CT molecular complexity index is 629. The number of ketones is 1. The molecule has 0 bridgehead atoms. The van der Waals surface area contributed by atoms with Gasteiger partial charge in [-0.2, -0.15) is 0 Å². The van der Waals surface area contributed by atoms with Crippen molar-refractivity contribution in [3.8, 4) is 0 Å². The number of rotatable bonds is 3. The molecule has 0 unspecified atom stereocenters. The lowest BCUT2D eigenvalue weighted by Gasteiger charge is -2.05. The zero-order valence-electron chi connectivity index (χ0n) is 9.87. The Hall–Kier alpha value is -2.58. The molecule has 0 heterocycles. The van der Waals surface area contributed by atoms with Crippen LogP contribution in [0.25, 0.3) is 10.4 Å². The molecule has 0 atom stereocenters. The van der Waals surface area contributed by atoms with Crippen LogP contribution in [-0.4, -0.2) is 5.78 Å². The Morgan fingerprint density at radius 1 is 1.17 bits per heavy atom. The Morgan fingerprint density at radius 2 is 1.89 bits per heavy atom. The van der Waals surface area contributed by atoms with Gasteiger partial charge in [-0.25, -0.2) is 0 Å². The molecule has 0 aromatic heterocycles. The third-order valence-electron chi connectivity index (χ3n) is 2.59. The van der Waals surface area contributed by atoms with Gasteiger partial charge >= 0.3 is 0 Å². The molecular weight excluding hydrogens is 226 g/mol. The molecular formula is C14H11N3O. The quantitative estimate of drug-likeness (QED) is 0.342. The van der Waals surface area contributed by atoms with Crippen LogP contribution in [0, 0.1) is 6.92 Å². The maximum atomic E-state index is 12.3. The lowest BCUT2D eigenvalue weighted by molar-refractivity contribution is 0.103. The van der Waals surface area contributed by atoms with Gasteiger partial charge in [-0.05, 0) is 18.5 Å². The van der Waals surface area contributed by atoms with Crippen molar-refractivity contribution in [2.75, 3.05) is 0 Å². The van der Waals surface area contributed by atoms with E-state index in [0.29, 0.717) is 16.8 Å². The molecule has 2 aromatic rings. The van der Waals surface area contributed by atoms with Crippen LogP contribution in [0.5, 0.6) is 0 Å². The second-order valence-electron chi connectivity index (χ2n) is 3.91. The summed E-state index contributed by atoms with van der Waals surface area (Å²) in [4.78, 5) is 15.1. The van der Waals surface area contributed by atoms with Gasteiger partial charge in [-0.3, -0.25) is 4.79 Å². The van der Waals surface area contributed by atoms with Gasteiger partial charge in [0, 0.05) is 21.7 Å². The van der Waals surface area contributed by atoms with E-state index in [9.17, 15) is 4.79 Å². The summed E-state index contributed by atoms with van der Waals surface area (Å²) in [5, 5.41) is 3.55. The summed E-state index contributed by atoms with van der Waals surface area (Å²) in [7, 11) is 0. The topological polar surface area (TPSA) is 65.8 Å². The molecule has 0 N–H and O–H groups in total. The van der Waals surface area contributed by atoms with Crippen LogP contribution in [0.3, 0.4) is 0 Å². The summed E-state index contributed by atoms with van der Waals surface area (Å²) in [5.41, 5.74) is 10.8. The minimum absolute atomic E-state index is 0.137. The Kier molecular flexibility index (Phi) is 3.41. The maximum Gasteiger partial charge on any atom is 0.193 e. The second kappa shape index (κ2) is 5.17. The van der Waals surface area contributed by atoms with Gasteiger partial charge in [0.05, 0.1) is 0 Å². The average Bonchev–Trinajstić information content (AvgIpc) is 2.41. The van der Waals surface area contributed by atoms with Crippen molar-refractivity contribution in [2.24, 2.45) is 5.11 Å². The van der Waals surface area contributed by atoms with Crippen LogP contribution in [-0.2, 0) is 0 Å². The third kappa shape index (κ3) is 2.39. The fraction of sp³-hybridized carbons (Fsp3) is 0.0714. The van der Waals surface area contributed by atoms with E-state index in [2.05, 4.69) is 10.0 Å². The normalized spacial score (nSPS) is 9.61. The van der Waals surface area contributed by atoms with Gasteiger partial charge in [0.25, 0.3) is 0 Å². The van der Waals surface area contributed by atoms with Gasteiger partial charge in [0.15, 0.2) is 5.78 Å². The van der Waals surface area contributed by atoms with E-state index in [1.165, 1.54) is 0 Å². The van der Waals surface area contributed by atoms with E-state index >= 15 is 0 Å². The first-order valence-electron chi connectivity index (χ1n) is 5.48. The first-order valence-corrected chi connectivity index (χ1v) is 5.48. The Balaban J connectivity index is 2.53. The smallest absolute Gasteiger partial charge is 0.193 e. The van der Waals surface area contributed by atoms with Crippen LogP contribution >= 0.6 is 0 Å². The molecule has 2 rings (SSSR count). The molecule has 0 aliphatic carbocycles. The molecule has 0 fully saturated rings. The van der Waals surface area contributed by atoms with Gasteiger partial charge in [-0.15, -0.1) is 0 Å². The number of carbonyl (C=O) groups is 1. The van der Waals surface area contributed by atoms with Crippen molar-refractivity contribution in [3.63, 3.8) is 0 Å². The zero-order chi connectivity index (χ0) is 13.0. The van der Waals surface area contributed by atoms with Crippen LogP contribution in [0.4, 0.5) is 5.69 Å². The highest BCUT2D eigenvalue weighted by atomic mass is 16.1. The monoisotopic (exact) mass is 237 g/mol. The molecule has 4 nitrogen and oxygen atoms in total.